The maximum Gasteiger partial charge on any atom is 0.242 e. The summed E-state index contributed by atoms with van der Waals surface area (Å²) in [5.41, 5.74) is 2.36. The smallest absolute Gasteiger partial charge is 0.242 e. The molecule has 4 nitrogen and oxygen atoms in total. The molecule has 0 radical (unpaired) electrons. The molecule has 0 saturated carbocycles. The molecule has 0 spiro atoms. The minimum absolute atomic E-state index is 0.0614. The van der Waals surface area contributed by atoms with Crippen LogP contribution in [0.2, 0.25) is 0 Å². The summed E-state index contributed by atoms with van der Waals surface area (Å²) < 4.78 is 0. The molecule has 0 bridgehead atoms. The van der Waals surface area contributed by atoms with Crippen molar-refractivity contribution in [2.45, 2.75) is 13.3 Å². The lowest BCUT2D eigenvalue weighted by Crippen LogP contribution is -2.36. The van der Waals surface area contributed by atoms with Gasteiger partial charge in [0.1, 0.15) is 0 Å². The largest absolute Gasteiger partial charge is 0.347 e. The topological polar surface area (TPSA) is 49.4 Å². The van der Waals surface area contributed by atoms with Gasteiger partial charge < -0.3 is 10.2 Å². The summed E-state index contributed by atoms with van der Waals surface area (Å²) in [6, 6.07) is 0. The molecule has 1 rings (SSSR count). The summed E-state index contributed by atoms with van der Waals surface area (Å²) in [5.74, 6) is -0.137. The van der Waals surface area contributed by atoms with E-state index in [9.17, 15) is 9.59 Å². The van der Waals surface area contributed by atoms with Gasteiger partial charge in [-0.05, 0) is 12.5 Å². The lowest BCUT2D eigenvalue weighted by atomic mass is 10.3. The van der Waals surface area contributed by atoms with Crippen LogP contribution in [0.25, 0.3) is 0 Å². The summed E-state index contributed by atoms with van der Waals surface area (Å²) in [7, 11) is 0. The van der Waals surface area contributed by atoms with Gasteiger partial charge in [0.05, 0.1) is 6.54 Å². The van der Waals surface area contributed by atoms with E-state index in [1.165, 1.54) is 5.54 Å². The molecule has 78 valence electrons. The van der Waals surface area contributed by atoms with Crippen molar-refractivity contribution >= 4 is 23.4 Å². The molecule has 14 heavy (non-hydrogen) atoms. The molecule has 0 aromatic heterocycles. The van der Waals surface area contributed by atoms with E-state index in [0.717, 1.165) is 5.57 Å². The van der Waals surface area contributed by atoms with Crippen molar-refractivity contribution in [3.63, 3.8) is 0 Å². The average molecular weight is 217 g/mol. The van der Waals surface area contributed by atoms with Gasteiger partial charge in [-0.25, -0.2) is 0 Å². The summed E-state index contributed by atoms with van der Waals surface area (Å²) in [4.78, 5) is 24.1. The zero-order valence-electron chi connectivity index (χ0n) is 8.05. The van der Waals surface area contributed by atoms with E-state index in [1.807, 2.05) is 6.92 Å². The van der Waals surface area contributed by atoms with Gasteiger partial charge in [0.15, 0.2) is 0 Å². The van der Waals surface area contributed by atoms with E-state index >= 15 is 0 Å². The Balaban J connectivity index is 2.58. The molecule has 0 aliphatic carbocycles. The number of rotatable bonds is 2. The Morgan fingerprint density at radius 3 is 3.00 bits per heavy atom. The van der Waals surface area contributed by atoms with E-state index in [0.29, 0.717) is 19.5 Å². The van der Waals surface area contributed by atoms with Crippen molar-refractivity contribution in [3.05, 3.63) is 11.1 Å². The van der Waals surface area contributed by atoms with E-state index in [1.54, 1.807) is 4.90 Å². The van der Waals surface area contributed by atoms with Crippen LogP contribution in [-0.4, -0.2) is 36.3 Å². The predicted molar refractivity (Wildman–Crippen MR) is 53.8 cm³/mol. The molecule has 1 heterocycles. The minimum atomic E-state index is -0.0756. The Morgan fingerprint density at radius 1 is 1.64 bits per heavy atom. The molecule has 0 aromatic carbocycles. The lowest BCUT2D eigenvalue weighted by Gasteiger charge is -2.19. The van der Waals surface area contributed by atoms with Gasteiger partial charge >= 0.3 is 0 Å². The second kappa shape index (κ2) is 5.00. The Labute approximate surface area is 87.9 Å². The van der Waals surface area contributed by atoms with Gasteiger partial charge in [0.25, 0.3) is 0 Å². The highest BCUT2D eigenvalue weighted by Gasteiger charge is 2.19. The molecular weight excluding hydrogens is 204 g/mol. The van der Waals surface area contributed by atoms with Gasteiger partial charge in [-0.2, -0.15) is 0 Å². The predicted octanol–water partition coefficient (Wildman–Crippen LogP) is 0.478. The molecular formula is C9H13ClN2O2. The van der Waals surface area contributed by atoms with E-state index < -0.39 is 0 Å². The van der Waals surface area contributed by atoms with E-state index in [-0.39, 0.29) is 18.4 Å². The van der Waals surface area contributed by atoms with Crippen molar-refractivity contribution in [3.8, 4) is 0 Å². The highest BCUT2D eigenvalue weighted by molar-refractivity contribution is 6.25. The number of nitrogens with one attached hydrogen (secondary N) is 1. The minimum Gasteiger partial charge on any atom is -0.347 e. The highest BCUT2D eigenvalue weighted by Crippen LogP contribution is 2.04. The third-order valence-corrected chi connectivity index (χ3v) is 2.40. The van der Waals surface area contributed by atoms with Crippen molar-refractivity contribution in [1.82, 2.24) is 10.2 Å². The zero-order chi connectivity index (χ0) is 10.6. The molecule has 1 aliphatic rings. The van der Waals surface area contributed by atoms with Gasteiger partial charge in [-0.3, -0.25) is 9.59 Å². The van der Waals surface area contributed by atoms with Crippen LogP contribution in [0.3, 0.4) is 0 Å². The van der Waals surface area contributed by atoms with Crippen LogP contribution < -0.4 is 5.32 Å². The maximum absolute atomic E-state index is 11.5. The van der Waals surface area contributed by atoms with Gasteiger partial charge in [0, 0.05) is 25.0 Å². The summed E-state index contributed by atoms with van der Waals surface area (Å²) >= 11 is 5.51. The summed E-state index contributed by atoms with van der Waals surface area (Å²) in [6.45, 7) is 2.90. The Morgan fingerprint density at radius 2 is 2.36 bits per heavy atom. The third-order valence-electron chi connectivity index (χ3n) is 2.02. The second-order valence-corrected chi connectivity index (χ2v) is 3.52. The fraction of sp³-hybridized carbons (Fsp3) is 0.556. The van der Waals surface area contributed by atoms with Crippen LogP contribution in [0.4, 0.5) is 0 Å². The Bertz CT molecular complexity index is 276. The van der Waals surface area contributed by atoms with Crippen molar-refractivity contribution < 1.29 is 9.59 Å². The first-order chi connectivity index (χ1) is 6.63. The number of hydrogen-bond donors (Lipinski definition) is 1. The Hall–Kier alpha value is -1.03. The van der Waals surface area contributed by atoms with Gasteiger partial charge in [-0.15, -0.1) is 0 Å². The molecule has 1 saturated heterocycles. The first-order valence-electron chi connectivity index (χ1n) is 4.44. The van der Waals surface area contributed by atoms with Crippen molar-refractivity contribution in [2.24, 2.45) is 0 Å². The molecule has 1 fully saturated rings. The number of carbonyl (C=O) groups excluding carboxylic acids is 2. The third kappa shape index (κ3) is 3.03. The molecule has 5 heteroatoms. The number of amides is 2. The maximum atomic E-state index is 11.5. The number of halogens is 1. The second-order valence-electron chi connectivity index (χ2n) is 3.30. The highest BCUT2D eigenvalue weighted by atomic mass is 35.5. The molecule has 1 N–H and O–H groups in total. The normalized spacial score (nSPS) is 19.3. The van der Waals surface area contributed by atoms with Crippen LogP contribution in [0.1, 0.15) is 13.3 Å². The van der Waals surface area contributed by atoms with Gasteiger partial charge in [0.2, 0.25) is 11.8 Å². The molecule has 2 amide bonds. The first kappa shape index (κ1) is 11.0. The van der Waals surface area contributed by atoms with Crippen LogP contribution in [0.15, 0.2) is 11.1 Å². The van der Waals surface area contributed by atoms with Crippen LogP contribution >= 0.6 is 11.6 Å². The van der Waals surface area contributed by atoms with Crippen molar-refractivity contribution in [1.29, 1.82) is 0 Å². The quantitative estimate of drug-likeness (QED) is 0.730. The van der Waals surface area contributed by atoms with Crippen molar-refractivity contribution in [2.75, 3.05) is 19.6 Å². The summed E-state index contributed by atoms with van der Waals surface area (Å²) in [5, 5.41) is 2.53. The van der Waals surface area contributed by atoms with E-state index in [2.05, 4.69) is 5.32 Å². The summed E-state index contributed by atoms with van der Waals surface area (Å²) in [6.07, 6.45) is 0.362. The standard InChI is InChI=1S/C9H13ClN2O2/c1-7(4-10)6-12-3-2-8(13)11-5-9(12)14/h4H,2-3,5-6H2,1H3,(H,11,13). The molecule has 1 aliphatic heterocycles. The fourth-order valence-electron chi connectivity index (χ4n) is 1.24. The molecule has 0 unspecified atom stereocenters. The number of carbonyl (C=O) groups is 2. The van der Waals surface area contributed by atoms with Gasteiger partial charge in [-0.1, -0.05) is 11.6 Å². The SMILES string of the molecule is CC(=CCl)CN1CCC(=O)NCC1=O. The zero-order valence-corrected chi connectivity index (χ0v) is 8.80. The first-order valence-corrected chi connectivity index (χ1v) is 4.87. The fourth-order valence-corrected chi connectivity index (χ4v) is 1.31. The molecule has 0 atom stereocenters. The van der Waals surface area contributed by atoms with Crippen LogP contribution in [0.5, 0.6) is 0 Å². The number of hydrogen-bond acceptors (Lipinski definition) is 2. The lowest BCUT2D eigenvalue weighted by molar-refractivity contribution is -0.129. The monoisotopic (exact) mass is 216 g/mol. The van der Waals surface area contributed by atoms with E-state index in [4.69, 9.17) is 11.6 Å². The number of nitrogens with zero attached hydrogens (tertiary/aromatic N) is 1. The molecule has 0 aromatic rings. The van der Waals surface area contributed by atoms with Crippen LogP contribution in [0, 0.1) is 0 Å². The van der Waals surface area contributed by atoms with Crippen LogP contribution in [-0.2, 0) is 9.59 Å². The Kier molecular flexibility index (Phi) is 3.95. The average Bonchev–Trinajstić information content (AvgIpc) is 2.33.